The standard InChI is InChI=1S/C25H19FN4O3S/c1-32-21-12-11-17(13-20(21)26)15-34-25-28-27-23(33-25)22-18-9-5-6-10-19(18)24(31)30(29-22)14-16-7-3-2-4-8-16/h2-13H,14-15H2,1H3. The van der Waals surface area contributed by atoms with Gasteiger partial charge < -0.3 is 9.15 Å². The Balaban J connectivity index is 1.45. The maximum atomic E-state index is 14.0. The van der Waals surface area contributed by atoms with Crippen LogP contribution in [0.2, 0.25) is 0 Å². The van der Waals surface area contributed by atoms with E-state index in [0.717, 1.165) is 11.1 Å². The molecule has 0 aliphatic rings. The predicted octanol–water partition coefficient (Wildman–Crippen LogP) is 4.93. The van der Waals surface area contributed by atoms with Crippen LogP contribution in [0.4, 0.5) is 4.39 Å². The van der Waals surface area contributed by atoms with Gasteiger partial charge in [-0.3, -0.25) is 4.79 Å². The molecular formula is C25H19FN4O3S. The lowest BCUT2D eigenvalue weighted by Gasteiger charge is -2.09. The summed E-state index contributed by atoms with van der Waals surface area (Å²) in [5, 5.41) is 14.3. The monoisotopic (exact) mass is 474 g/mol. The van der Waals surface area contributed by atoms with Crippen LogP contribution in [0.3, 0.4) is 0 Å². The molecule has 7 nitrogen and oxygen atoms in total. The molecule has 5 rings (SSSR count). The molecule has 3 aromatic carbocycles. The first kappa shape index (κ1) is 21.8. The van der Waals surface area contributed by atoms with Gasteiger partial charge in [0.1, 0.15) is 0 Å². The van der Waals surface area contributed by atoms with Crippen molar-refractivity contribution in [2.75, 3.05) is 7.11 Å². The third-order valence-electron chi connectivity index (χ3n) is 5.23. The van der Waals surface area contributed by atoms with Crippen LogP contribution < -0.4 is 10.3 Å². The topological polar surface area (TPSA) is 83.0 Å². The Bertz CT molecular complexity index is 1520. The number of benzene rings is 3. The van der Waals surface area contributed by atoms with Gasteiger partial charge in [0, 0.05) is 11.1 Å². The van der Waals surface area contributed by atoms with Gasteiger partial charge in [0.2, 0.25) is 0 Å². The largest absolute Gasteiger partial charge is 0.494 e. The van der Waals surface area contributed by atoms with Crippen molar-refractivity contribution in [1.82, 2.24) is 20.0 Å². The van der Waals surface area contributed by atoms with E-state index in [1.54, 1.807) is 18.2 Å². The molecule has 34 heavy (non-hydrogen) atoms. The van der Waals surface area contributed by atoms with Crippen molar-refractivity contribution in [3.8, 4) is 17.3 Å². The predicted molar refractivity (Wildman–Crippen MR) is 127 cm³/mol. The van der Waals surface area contributed by atoms with Crippen LogP contribution in [0.25, 0.3) is 22.4 Å². The zero-order chi connectivity index (χ0) is 23.5. The maximum absolute atomic E-state index is 14.0. The molecule has 0 aliphatic carbocycles. The van der Waals surface area contributed by atoms with Gasteiger partial charge in [-0.1, -0.05) is 66.4 Å². The summed E-state index contributed by atoms with van der Waals surface area (Å²) < 4.78 is 26.2. The Labute approximate surface area is 198 Å². The van der Waals surface area contributed by atoms with Crippen LogP contribution in [0, 0.1) is 5.82 Å². The summed E-state index contributed by atoms with van der Waals surface area (Å²) in [6, 6.07) is 21.6. The number of rotatable bonds is 7. The molecule has 0 bridgehead atoms. The number of halogens is 1. The average Bonchev–Trinajstić information content (AvgIpc) is 3.34. The summed E-state index contributed by atoms with van der Waals surface area (Å²) in [5.41, 5.74) is 1.94. The Morgan fingerprint density at radius 2 is 1.74 bits per heavy atom. The van der Waals surface area contributed by atoms with Crippen LogP contribution in [0.1, 0.15) is 11.1 Å². The number of hydrogen-bond donors (Lipinski definition) is 0. The fourth-order valence-electron chi connectivity index (χ4n) is 3.57. The summed E-state index contributed by atoms with van der Waals surface area (Å²) >= 11 is 1.28. The van der Waals surface area contributed by atoms with Crippen molar-refractivity contribution in [2.24, 2.45) is 0 Å². The second-order valence-electron chi connectivity index (χ2n) is 7.47. The minimum atomic E-state index is -0.428. The van der Waals surface area contributed by atoms with Crippen LogP contribution >= 0.6 is 11.8 Å². The number of aromatic nitrogens is 4. The summed E-state index contributed by atoms with van der Waals surface area (Å²) in [6.07, 6.45) is 0. The molecule has 0 saturated heterocycles. The highest BCUT2D eigenvalue weighted by Gasteiger charge is 2.18. The van der Waals surface area contributed by atoms with E-state index in [1.165, 1.54) is 29.6 Å². The number of ether oxygens (including phenoxy) is 1. The van der Waals surface area contributed by atoms with E-state index in [-0.39, 0.29) is 17.2 Å². The van der Waals surface area contributed by atoms with E-state index in [1.807, 2.05) is 48.5 Å². The summed E-state index contributed by atoms with van der Waals surface area (Å²) in [6.45, 7) is 0.316. The maximum Gasteiger partial charge on any atom is 0.277 e. The zero-order valence-electron chi connectivity index (χ0n) is 18.1. The fraction of sp³-hybridized carbons (Fsp3) is 0.120. The summed E-state index contributed by atoms with van der Waals surface area (Å²) in [4.78, 5) is 13.0. The van der Waals surface area contributed by atoms with Crippen molar-refractivity contribution in [3.05, 3.63) is 100 Å². The smallest absolute Gasteiger partial charge is 0.277 e. The Hall–Kier alpha value is -3.98. The van der Waals surface area contributed by atoms with E-state index in [4.69, 9.17) is 9.15 Å². The molecule has 0 radical (unpaired) electrons. The van der Waals surface area contributed by atoms with Gasteiger partial charge in [-0.2, -0.15) is 5.10 Å². The van der Waals surface area contributed by atoms with E-state index >= 15 is 0 Å². The minimum absolute atomic E-state index is 0.192. The fourth-order valence-corrected chi connectivity index (χ4v) is 4.27. The lowest BCUT2D eigenvalue weighted by atomic mass is 10.1. The molecule has 0 atom stereocenters. The highest BCUT2D eigenvalue weighted by Crippen LogP contribution is 2.29. The van der Waals surface area contributed by atoms with Crippen LogP contribution in [0.15, 0.2) is 87.2 Å². The first-order chi connectivity index (χ1) is 16.6. The molecule has 2 aromatic heterocycles. The molecule has 0 fully saturated rings. The van der Waals surface area contributed by atoms with Crippen molar-refractivity contribution >= 4 is 22.5 Å². The summed E-state index contributed by atoms with van der Waals surface area (Å²) in [7, 11) is 1.42. The van der Waals surface area contributed by atoms with E-state index in [0.29, 0.717) is 34.0 Å². The van der Waals surface area contributed by atoms with Crippen molar-refractivity contribution in [3.63, 3.8) is 0 Å². The lowest BCUT2D eigenvalue weighted by Crippen LogP contribution is -2.24. The second-order valence-corrected chi connectivity index (χ2v) is 8.40. The molecule has 170 valence electrons. The van der Waals surface area contributed by atoms with E-state index < -0.39 is 5.82 Å². The normalized spacial score (nSPS) is 11.1. The number of nitrogens with zero attached hydrogens (tertiary/aromatic N) is 4. The molecule has 0 spiro atoms. The highest BCUT2D eigenvalue weighted by molar-refractivity contribution is 7.98. The Morgan fingerprint density at radius 1 is 0.971 bits per heavy atom. The third-order valence-corrected chi connectivity index (χ3v) is 6.12. The van der Waals surface area contributed by atoms with E-state index in [2.05, 4.69) is 15.3 Å². The molecular weight excluding hydrogens is 455 g/mol. The molecule has 2 heterocycles. The van der Waals surface area contributed by atoms with Gasteiger partial charge in [-0.25, -0.2) is 9.07 Å². The van der Waals surface area contributed by atoms with Crippen LogP contribution in [-0.2, 0) is 12.3 Å². The molecule has 0 saturated carbocycles. The van der Waals surface area contributed by atoms with Crippen molar-refractivity contribution in [1.29, 1.82) is 0 Å². The molecule has 9 heteroatoms. The third kappa shape index (κ3) is 4.42. The average molecular weight is 475 g/mol. The van der Waals surface area contributed by atoms with E-state index in [9.17, 15) is 9.18 Å². The van der Waals surface area contributed by atoms with Gasteiger partial charge >= 0.3 is 0 Å². The first-order valence-corrected chi connectivity index (χ1v) is 11.4. The summed E-state index contributed by atoms with van der Waals surface area (Å²) in [5.74, 6) is 0.409. The van der Waals surface area contributed by atoms with Crippen molar-refractivity contribution in [2.45, 2.75) is 17.5 Å². The minimum Gasteiger partial charge on any atom is -0.494 e. The van der Waals surface area contributed by atoms with Crippen molar-refractivity contribution < 1.29 is 13.5 Å². The Morgan fingerprint density at radius 3 is 2.50 bits per heavy atom. The number of fused-ring (bicyclic) bond motifs is 1. The Kier molecular flexibility index (Phi) is 6.09. The first-order valence-electron chi connectivity index (χ1n) is 10.5. The van der Waals surface area contributed by atoms with Crippen LogP contribution in [0.5, 0.6) is 5.75 Å². The highest BCUT2D eigenvalue weighted by atomic mass is 32.2. The second kappa shape index (κ2) is 9.48. The van der Waals surface area contributed by atoms with Gasteiger partial charge in [0.05, 0.1) is 19.0 Å². The molecule has 5 aromatic rings. The molecule has 0 unspecified atom stereocenters. The van der Waals surface area contributed by atoms with Gasteiger partial charge in [0.15, 0.2) is 17.3 Å². The number of hydrogen-bond acceptors (Lipinski definition) is 7. The molecule has 0 N–H and O–H groups in total. The number of thioether (sulfide) groups is 1. The zero-order valence-corrected chi connectivity index (χ0v) is 19.0. The number of methoxy groups -OCH3 is 1. The van der Waals surface area contributed by atoms with Gasteiger partial charge in [-0.15, -0.1) is 10.2 Å². The quantitative estimate of drug-likeness (QED) is 0.309. The van der Waals surface area contributed by atoms with Crippen LogP contribution in [-0.4, -0.2) is 27.1 Å². The molecule has 0 amide bonds. The van der Waals surface area contributed by atoms with Gasteiger partial charge in [-0.05, 0) is 29.3 Å². The SMILES string of the molecule is COc1ccc(CSc2nnc(-c3nn(Cc4ccccc4)c(=O)c4ccccc34)o2)cc1F. The van der Waals surface area contributed by atoms with Gasteiger partial charge in [0.25, 0.3) is 16.7 Å². The molecule has 0 aliphatic heterocycles. The lowest BCUT2D eigenvalue weighted by molar-refractivity contribution is 0.386.